The Morgan fingerprint density at radius 1 is 1.38 bits per heavy atom. The highest BCUT2D eigenvalue weighted by molar-refractivity contribution is 5.98. The van der Waals surface area contributed by atoms with Gasteiger partial charge >= 0.3 is 5.97 Å². The van der Waals surface area contributed by atoms with Crippen molar-refractivity contribution in [2.24, 2.45) is 0 Å². The van der Waals surface area contributed by atoms with Crippen LogP contribution in [0.3, 0.4) is 0 Å². The number of non-ortho nitro benzene ring substituents is 1. The normalized spacial score (nSPS) is 14.0. The standard InChI is InChI=1S/C16H21N3O7/c1-10(14(22)18-16(2,9-26-3)8-13(20)21)17-15(23)11-5-4-6-12(7-11)19(24)25/h4-7,10H,8-9H2,1-3H3,(H,17,23)(H,18,22)(H,20,21). The molecule has 10 nitrogen and oxygen atoms in total. The van der Waals surface area contributed by atoms with Crippen molar-refractivity contribution in [1.29, 1.82) is 0 Å². The summed E-state index contributed by atoms with van der Waals surface area (Å²) in [6.45, 7) is 2.90. The molecule has 142 valence electrons. The van der Waals surface area contributed by atoms with Crippen LogP contribution in [-0.2, 0) is 14.3 Å². The summed E-state index contributed by atoms with van der Waals surface area (Å²) >= 11 is 0. The number of rotatable bonds is 9. The molecule has 0 aromatic heterocycles. The molecule has 2 amide bonds. The number of carbonyl (C=O) groups excluding carboxylic acids is 2. The van der Waals surface area contributed by atoms with Gasteiger partial charge in [0, 0.05) is 24.8 Å². The molecule has 0 saturated carbocycles. The van der Waals surface area contributed by atoms with Gasteiger partial charge < -0.3 is 20.5 Å². The van der Waals surface area contributed by atoms with Gasteiger partial charge in [-0.3, -0.25) is 24.5 Å². The third-order valence-electron chi connectivity index (χ3n) is 3.49. The average molecular weight is 367 g/mol. The lowest BCUT2D eigenvalue weighted by molar-refractivity contribution is -0.384. The largest absolute Gasteiger partial charge is 0.481 e. The van der Waals surface area contributed by atoms with Gasteiger partial charge in [0.25, 0.3) is 11.6 Å². The molecule has 0 bridgehead atoms. The second kappa shape index (κ2) is 8.90. The molecule has 0 aliphatic carbocycles. The number of hydrogen-bond donors (Lipinski definition) is 3. The van der Waals surface area contributed by atoms with Crippen LogP contribution in [0.2, 0.25) is 0 Å². The molecule has 1 aromatic rings. The minimum atomic E-state index is -1.15. The van der Waals surface area contributed by atoms with Crippen molar-refractivity contribution < 1.29 is 29.2 Å². The fourth-order valence-electron chi connectivity index (χ4n) is 2.30. The maximum absolute atomic E-state index is 12.3. The van der Waals surface area contributed by atoms with Gasteiger partial charge in [0.1, 0.15) is 6.04 Å². The molecule has 3 N–H and O–H groups in total. The molecule has 0 heterocycles. The maximum Gasteiger partial charge on any atom is 0.305 e. The molecule has 10 heteroatoms. The lowest BCUT2D eigenvalue weighted by Gasteiger charge is -2.30. The first kappa shape index (κ1) is 21.0. The quantitative estimate of drug-likeness (QED) is 0.430. The Hall–Kier alpha value is -3.01. The number of carboxylic acid groups (broad SMARTS) is 1. The van der Waals surface area contributed by atoms with Crippen LogP contribution in [0.15, 0.2) is 24.3 Å². The molecule has 0 fully saturated rings. The molecule has 2 unspecified atom stereocenters. The average Bonchev–Trinajstić information content (AvgIpc) is 2.53. The Bertz CT molecular complexity index is 707. The number of ether oxygens (including phenoxy) is 1. The molecule has 0 aliphatic heterocycles. The first-order valence-electron chi connectivity index (χ1n) is 7.66. The lowest BCUT2D eigenvalue weighted by Crippen LogP contribution is -2.56. The Morgan fingerprint density at radius 2 is 2.04 bits per heavy atom. The summed E-state index contributed by atoms with van der Waals surface area (Å²) in [6.07, 6.45) is -0.363. The van der Waals surface area contributed by atoms with Crippen molar-refractivity contribution in [1.82, 2.24) is 10.6 Å². The summed E-state index contributed by atoms with van der Waals surface area (Å²) in [5, 5.41) is 24.7. The van der Waals surface area contributed by atoms with E-state index in [9.17, 15) is 24.5 Å². The molecular formula is C16H21N3O7. The molecular weight excluding hydrogens is 346 g/mol. The topological polar surface area (TPSA) is 148 Å². The molecule has 2 atom stereocenters. The Labute approximate surface area is 149 Å². The van der Waals surface area contributed by atoms with E-state index < -0.39 is 34.3 Å². The van der Waals surface area contributed by atoms with Gasteiger partial charge in [0.2, 0.25) is 5.91 Å². The zero-order valence-corrected chi connectivity index (χ0v) is 14.6. The number of hydrogen-bond acceptors (Lipinski definition) is 6. The van der Waals surface area contributed by atoms with Crippen molar-refractivity contribution in [2.45, 2.75) is 31.8 Å². The van der Waals surface area contributed by atoms with Gasteiger partial charge in [0.05, 0.1) is 23.5 Å². The number of amides is 2. The molecule has 1 rings (SSSR count). The highest BCUT2D eigenvalue weighted by atomic mass is 16.6. The minimum Gasteiger partial charge on any atom is -0.481 e. The number of aliphatic carboxylic acids is 1. The predicted molar refractivity (Wildman–Crippen MR) is 90.7 cm³/mol. The Morgan fingerprint density at radius 3 is 2.58 bits per heavy atom. The molecule has 0 spiro atoms. The number of nitrogens with zero attached hydrogens (tertiary/aromatic N) is 1. The van der Waals surface area contributed by atoms with Gasteiger partial charge in [-0.25, -0.2) is 0 Å². The van der Waals surface area contributed by atoms with E-state index >= 15 is 0 Å². The van der Waals surface area contributed by atoms with Gasteiger partial charge in [-0.1, -0.05) is 6.07 Å². The molecule has 1 aromatic carbocycles. The Kier molecular flexibility index (Phi) is 7.20. The minimum absolute atomic E-state index is 0.0312. The summed E-state index contributed by atoms with van der Waals surface area (Å²) < 4.78 is 4.95. The van der Waals surface area contributed by atoms with Crippen LogP contribution in [0.5, 0.6) is 0 Å². The fourth-order valence-corrected chi connectivity index (χ4v) is 2.30. The highest BCUT2D eigenvalue weighted by Crippen LogP contribution is 2.14. The molecule has 0 saturated heterocycles. The van der Waals surface area contributed by atoms with E-state index in [1.807, 2.05) is 0 Å². The van der Waals surface area contributed by atoms with E-state index in [2.05, 4.69) is 10.6 Å². The van der Waals surface area contributed by atoms with Crippen LogP contribution >= 0.6 is 0 Å². The van der Waals surface area contributed by atoms with E-state index in [0.29, 0.717) is 0 Å². The predicted octanol–water partition coefficient (Wildman–Crippen LogP) is 0.709. The van der Waals surface area contributed by atoms with Crippen LogP contribution in [0.4, 0.5) is 5.69 Å². The second-order valence-electron chi connectivity index (χ2n) is 6.06. The molecule has 0 aliphatic rings. The fraction of sp³-hybridized carbons (Fsp3) is 0.438. The number of nitro groups is 1. The number of carbonyl (C=O) groups is 3. The number of methoxy groups -OCH3 is 1. The summed E-state index contributed by atoms with van der Waals surface area (Å²) in [7, 11) is 1.37. The van der Waals surface area contributed by atoms with Crippen LogP contribution in [0.25, 0.3) is 0 Å². The summed E-state index contributed by atoms with van der Waals surface area (Å²) in [5.41, 5.74) is -1.37. The summed E-state index contributed by atoms with van der Waals surface area (Å²) in [6, 6.07) is 4.09. The smallest absolute Gasteiger partial charge is 0.305 e. The second-order valence-corrected chi connectivity index (χ2v) is 6.06. The number of nitro benzene ring substituents is 1. The summed E-state index contributed by atoms with van der Waals surface area (Å²) in [5.74, 6) is -2.38. The van der Waals surface area contributed by atoms with E-state index in [0.717, 1.165) is 6.07 Å². The van der Waals surface area contributed by atoms with Gasteiger partial charge in [-0.05, 0) is 19.9 Å². The highest BCUT2D eigenvalue weighted by Gasteiger charge is 2.31. The number of benzene rings is 1. The van der Waals surface area contributed by atoms with Crippen molar-refractivity contribution in [3.63, 3.8) is 0 Å². The third-order valence-corrected chi connectivity index (χ3v) is 3.49. The third kappa shape index (κ3) is 6.13. The van der Waals surface area contributed by atoms with Crippen LogP contribution < -0.4 is 10.6 Å². The van der Waals surface area contributed by atoms with Gasteiger partial charge in [-0.2, -0.15) is 0 Å². The SMILES string of the molecule is COCC(C)(CC(=O)O)NC(=O)C(C)NC(=O)c1cccc([N+](=O)[O-])c1. The van der Waals surface area contributed by atoms with Gasteiger partial charge in [-0.15, -0.1) is 0 Å². The van der Waals surface area contributed by atoms with Crippen LogP contribution in [0.1, 0.15) is 30.6 Å². The van der Waals surface area contributed by atoms with Crippen molar-refractivity contribution in [2.75, 3.05) is 13.7 Å². The Balaban J connectivity index is 2.79. The van der Waals surface area contributed by atoms with E-state index in [1.54, 1.807) is 0 Å². The zero-order chi connectivity index (χ0) is 19.9. The first-order valence-corrected chi connectivity index (χ1v) is 7.66. The zero-order valence-electron chi connectivity index (χ0n) is 14.6. The van der Waals surface area contributed by atoms with Gasteiger partial charge in [0.15, 0.2) is 0 Å². The van der Waals surface area contributed by atoms with E-state index in [-0.39, 0.29) is 24.3 Å². The van der Waals surface area contributed by atoms with Crippen LogP contribution in [-0.4, -0.2) is 53.1 Å². The number of nitrogens with one attached hydrogen (secondary N) is 2. The first-order chi connectivity index (χ1) is 12.1. The van der Waals surface area contributed by atoms with Crippen LogP contribution in [0, 0.1) is 10.1 Å². The number of carboxylic acids is 1. The summed E-state index contributed by atoms with van der Waals surface area (Å²) in [4.78, 5) is 45.5. The monoisotopic (exact) mass is 367 g/mol. The van der Waals surface area contributed by atoms with E-state index in [1.165, 1.54) is 39.2 Å². The van der Waals surface area contributed by atoms with Crippen molar-refractivity contribution in [3.05, 3.63) is 39.9 Å². The van der Waals surface area contributed by atoms with Crippen molar-refractivity contribution >= 4 is 23.5 Å². The van der Waals surface area contributed by atoms with Crippen molar-refractivity contribution in [3.8, 4) is 0 Å². The maximum atomic E-state index is 12.3. The molecule has 26 heavy (non-hydrogen) atoms. The van der Waals surface area contributed by atoms with E-state index in [4.69, 9.17) is 9.84 Å². The molecule has 0 radical (unpaired) electrons. The lowest BCUT2D eigenvalue weighted by atomic mass is 9.98.